The lowest BCUT2D eigenvalue weighted by molar-refractivity contribution is -0.0506. The Morgan fingerprint density at radius 1 is 1.25 bits per heavy atom. The highest BCUT2D eigenvalue weighted by molar-refractivity contribution is 5.27. The van der Waals surface area contributed by atoms with Gasteiger partial charge in [-0.15, -0.1) is 0 Å². The zero-order valence-corrected chi connectivity index (χ0v) is 12.4. The minimum absolute atomic E-state index is 0.0612. The summed E-state index contributed by atoms with van der Waals surface area (Å²) in [6.07, 6.45) is 7.65. The van der Waals surface area contributed by atoms with E-state index in [0.29, 0.717) is 6.61 Å². The Balaban J connectivity index is 1.57. The number of methoxy groups -OCH3 is 1. The number of ether oxygens (including phenoxy) is 2. The van der Waals surface area contributed by atoms with Gasteiger partial charge in [0.15, 0.2) is 0 Å². The van der Waals surface area contributed by atoms with Crippen LogP contribution in [0.3, 0.4) is 0 Å². The first-order valence-electron chi connectivity index (χ1n) is 7.80. The second kappa shape index (κ2) is 6.15. The van der Waals surface area contributed by atoms with Crippen molar-refractivity contribution in [3.63, 3.8) is 0 Å². The summed E-state index contributed by atoms with van der Waals surface area (Å²) in [5, 5.41) is 3.65. The van der Waals surface area contributed by atoms with Crippen LogP contribution in [0.2, 0.25) is 0 Å². The van der Waals surface area contributed by atoms with E-state index in [1.165, 1.54) is 44.1 Å². The van der Waals surface area contributed by atoms with E-state index in [0.717, 1.165) is 18.3 Å². The van der Waals surface area contributed by atoms with Crippen molar-refractivity contribution in [1.82, 2.24) is 5.32 Å². The van der Waals surface area contributed by atoms with Crippen molar-refractivity contribution in [2.24, 2.45) is 0 Å². The molecule has 0 spiro atoms. The highest BCUT2D eigenvalue weighted by Crippen LogP contribution is 2.34. The van der Waals surface area contributed by atoms with Gasteiger partial charge in [-0.05, 0) is 43.4 Å². The second-order valence-corrected chi connectivity index (χ2v) is 6.19. The highest BCUT2D eigenvalue weighted by atomic mass is 16.5. The van der Waals surface area contributed by atoms with Crippen LogP contribution in [0.1, 0.15) is 44.1 Å². The molecule has 0 aromatic heterocycles. The molecule has 1 aromatic rings. The van der Waals surface area contributed by atoms with Crippen molar-refractivity contribution < 1.29 is 9.47 Å². The fraction of sp³-hybridized carbons (Fsp3) is 0.647. The summed E-state index contributed by atoms with van der Waals surface area (Å²) in [5.74, 6) is 0.905. The molecule has 1 aromatic carbocycles. The summed E-state index contributed by atoms with van der Waals surface area (Å²) in [4.78, 5) is 0. The predicted octanol–water partition coefficient (Wildman–Crippen LogP) is 3.28. The molecule has 110 valence electrons. The van der Waals surface area contributed by atoms with Gasteiger partial charge in [0.2, 0.25) is 0 Å². The average molecular weight is 275 g/mol. The van der Waals surface area contributed by atoms with Gasteiger partial charge in [0, 0.05) is 12.6 Å². The summed E-state index contributed by atoms with van der Waals surface area (Å²) in [6.45, 7) is 1.70. The number of nitrogens with one attached hydrogen (secondary N) is 1. The zero-order chi connectivity index (χ0) is 13.8. The minimum Gasteiger partial charge on any atom is -0.497 e. The van der Waals surface area contributed by atoms with Crippen LogP contribution in [0.25, 0.3) is 0 Å². The lowest BCUT2D eigenvalue weighted by Gasteiger charge is -2.30. The van der Waals surface area contributed by atoms with E-state index >= 15 is 0 Å². The average Bonchev–Trinajstić information content (AvgIpc) is 3.22. The maximum Gasteiger partial charge on any atom is 0.119 e. The van der Waals surface area contributed by atoms with E-state index in [9.17, 15) is 0 Å². The lowest BCUT2D eigenvalue weighted by Crippen LogP contribution is -2.41. The van der Waals surface area contributed by atoms with E-state index in [1.54, 1.807) is 7.11 Å². The van der Waals surface area contributed by atoms with E-state index in [-0.39, 0.29) is 5.60 Å². The van der Waals surface area contributed by atoms with Crippen LogP contribution in [0, 0.1) is 0 Å². The van der Waals surface area contributed by atoms with Crippen LogP contribution in [0.15, 0.2) is 24.3 Å². The van der Waals surface area contributed by atoms with Crippen molar-refractivity contribution in [2.45, 2.75) is 56.8 Å². The number of hydrogen-bond donors (Lipinski definition) is 1. The minimum atomic E-state index is 0.0612. The van der Waals surface area contributed by atoms with Crippen LogP contribution in [0.4, 0.5) is 0 Å². The van der Waals surface area contributed by atoms with Crippen molar-refractivity contribution in [3.8, 4) is 5.75 Å². The first-order chi connectivity index (χ1) is 9.80. The number of rotatable bonds is 7. The fourth-order valence-corrected chi connectivity index (χ4v) is 3.01. The Hall–Kier alpha value is -1.06. The van der Waals surface area contributed by atoms with Crippen LogP contribution >= 0.6 is 0 Å². The van der Waals surface area contributed by atoms with Crippen LogP contribution < -0.4 is 10.1 Å². The van der Waals surface area contributed by atoms with Crippen molar-refractivity contribution in [1.29, 1.82) is 0 Å². The maximum absolute atomic E-state index is 6.34. The molecule has 2 saturated carbocycles. The second-order valence-electron chi connectivity index (χ2n) is 6.19. The standard InChI is InChI=1S/C17H25NO2/c1-19-16-6-4-5-14(11-16)12-20-17(9-2-3-10-17)13-18-15-7-8-15/h4-6,11,15,18H,2-3,7-10,12-13H2,1H3. The predicted molar refractivity (Wildman–Crippen MR) is 80.0 cm³/mol. The Morgan fingerprint density at radius 3 is 2.75 bits per heavy atom. The molecule has 0 heterocycles. The van der Waals surface area contributed by atoms with Crippen molar-refractivity contribution in [2.75, 3.05) is 13.7 Å². The summed E-state index contributed by atoms with van der Waals surface area (Å²) in [7, 11) is 1.71. The molecule has 2 fully saturated rings. The monoisotopic (exact) mass is 275 g/mol. The summed E-state index contributed by atoms with van der Waals surface area (Å²) in [6, 6.07) is 8.94. The van der Waals surface area contributed by atoms with Crippen LogP contribution in [0.5, 0.6) is 5.75 Å². The molecular formula is C17H25NO2. The van der Waals surface area contributed by atoms with Gasteiger partial charge in [0.25, 0.3) is 0 Å². The normalized spacial score (nSPS) is 21.1. The molecule has 20 heavy (non-hydrogen) atoms. The molecule has 2 aliphatic rings. The Morgan fingerprint density at radius 2 is 2.05 bits per heavy atom. The van der Waals surface area contributed by atoms with Gasteiger partial charge in [0.05, 0.1) is 19.3 Å². The Kier molecular flexibility index (Phi) is 4.27. The first kappa shape index (κ1) is 13.9. The largest absolute Gasteiger partial charge is 0.497 e. The third kappa shape index (κ3) is 3.53. The maximum atomic E-state index is 6.34. The molecule has 0 aliphatic heterocycles. The number of benzene rings is 1. The third-order valence-electron chi connectivity index (χ3n) is 4.48. The summed E-state index contributed by atoms with van der Waals surface area (Å²) < 4.78 is 11.6. The van der Waals surface area contributed by atoms with Gasteiger partial charge in [-0.25, -0.2) is 0 Å². The third-order valence-corrected chi connectivity index (χ3v) is 4.48. The SMILES string of the molecule is COc1cccc(COC2(CNC3CC3)CCCC2)c1. The summed E-state index contributed by atoms with van der Waals surface area (Å²) >= 11 is 0. The van der Waals surface area contributed by atoms with Crippen LogP contribution in [-0.4, -0.2) is 25.3 Å². The summed E-state index contributed by atoms with van der Waals surface area (Å²) in [5.41, 5.74) is 1.26. The molecule has 0 amide bonds. The lowest BCUT2D eigenvalue weighted by atomic mass is 10.0. The molecule has 3 nitrogen and oxygen atoms in total. The van der Waals surface area contributed by atoms with Gasteiger partial charge in [-0.3, -0.25) is 0 Å². The fourth-order valence-electron chi connectivity index (χ4n) is 3.01. The molecule has 3 rings (SSSR count). The van der Waals surface area contributed by atoms with Gasteiger partial charge in [0.1, 0.15) is 5.75 Å². The molecule has 0 atom stereocenters. The number of hydrogen-bond acceptors (Lipinski definition) is 3. The quantitative estimate of drug-likeness (QED) is 0.828. The van der Waals surface area contributed by atoms with Gasteiger partial charge in [-0.2, -0.15) is 0 Å². The highest BCUT2D eigenvalue weighted by Gasteiger charge is 2.36. The molecular weight excluding hydrogens is 250 g/mol. The molecule has 1 N–H and O–H groups in total. The smallest absolute Gasteiger partial charge is 0.119 e. The molecule has 3 heteroatoms. The van der Waals surface area contributed by atoms with E-state index in [4.69, 9.17) is 9.47 Å². The van der Waals surface area contributed by atoms with E-state index < -0.39 is 0 Å². The molecule has 2 aliphatic carbocycles. The first-order valence-corrected chi connectivity index (χ1v) is 7.80. The van der Waals surface area contributed by atoms with Crippen molar-refractivity contribution >= 4 is 0 Å². The zero-order valence-electron chi connectivity index (χ0n) is 12.4. The molecule has 0 radical (unpaired) electrons. The van der Waals surface area contributed by atoms with Gasteiger partial charge in [-0.1, -0.05) is 25.0 Å². The Labute approximate surface area is 121 Å². The van der Waals surface area contributed by atoms with Crippen LogP contribution in [-0.2, 0) is 11.3 Å². The molecule has 0 unspecified atom stereocenters. The topological polar surface area (TPSA) is 30.5 Å². The Bertz CT molecular complexity index is 436. The molecule has 0 saturated heterocycles. The molecule has 0 bridgehead atoms. The van der Waals surface area contributed by atoms with Gasteiger partial charge < -0.3 is 14.8 Å². The van der Waals surface area contributed by atoms with E-state index in [2.05, 4.69) is 17.4 Å². The van der Waals surface area contributed by atoms with E-state index in [1.807, 2.05) is 12.1 Å². The van der Waals surface area contributed by atoms with Crippen molar-refractivity contribution in [3.05, 3.63) is 29.8 Å². The van der Waals surface area contributed by atoms with Gasteiger partial charge >= 0.3 is 0 Å².